The molecule has 0 spiro atoms. The second kappa shape index (κ2) is 9.45. The number of anilines is 1. The maximum absolute atomic E-state index is 14.8. The number of benzene rings is 2. The summed E-state index contributed by atoms with van der Waals surface area (Å²) >= 11 is 0. The van der Waals surface area contributed by atoms with Crippen molar-refractivity contribution >= 4 is 27.1 Å². The molecule has 0 atom stereocenters. The highest BCUT2D eigenvalue weighted by Crippen LogP contribution is 2.33. The molecule has 1 aromatic heterocycles. The molecule has 3 aromatic rings. The molecule has 14 heteroatoms. The lowest BCUT2D eigenvalue weighted by molar-refractivity contribution is -0.396. The number of hydrogen-bond donors (Lipinski definition) is 1. The summed E-state index contributed by atoms with van der Waals surface area (Å²) < 4.78 is 41.8. The Labute approximate surface area is 203 Å². The van der Waals surface area contributed by atoms with Crippen LogP contribution in [0.2, 0.25) is 0 Å². The lowest BCUT2D eigenvalue weighted by Gasteiger charge is -2.21. The van der Waals surface area contributed by atoms with E-state index in [2.05, 4.69) is 10.2 Å². The first-order valence-electron chi connectivity index (χ1n) is 10.8. The molecule has 12 nitrogen and oxygen atoms in total. The van der Waals surface area contributed by atoms with Crippen molar-refractivity contribution in [2.75, 3.05) is 11.4 Å². The quantitative estimate of drug-likeness (QED) is 0.368. The van der Waals surface area contributed by atoms with Crippen LogP contribution in [0.25, 0.3) is 0 Å². The van der Waals surface area contributed by atoms with Crippen molar-refractivity contribution in [1.29, 1.82) is 0 Å². The molecule has 1 heterocycles. The van der Waals surface area contributed by atoms with Gasteiger partial charge in [-0.1, -0.05) is 6.07 Å². The predicted octanol–water partition coefficient (Wildman–Crippen LogP) is 3.02. The maximum Gasteiger partial charge on any atom is 0.296 e. The van der Waals surface area contributed by atoms with Crippen LogP contribution in [0.15, 0.2) is 46.1 Å². The number of nitrogens with one attached hydrogen (secondary N) is 1. The van der Waals surface area contributed by atoms with E-state index in [0.717, 1.165) is 43.7 Å². The van der Waals surface area contributed by atoms with Gasteiger partial charge in [-0.25, -0.2) is 17.9 Å². The molecule has 1 N–H and O–H groups in total. The number of aromatic nitrogens is 2. The van der Waals surface area contributed by atoms with E-state index in [0.29, 0.717) is 40.0 Å². The Balaban J connectivity index is 1.73. The molecule has 0 unspecified atom stereocenters. The van der Waals surface area contributed by atoms with E-state index >= 15 is 0 Å². The Morgan fingerprint density at radius 1 is 1.06 bits per heavy atom. The van der Waals surface area contributed by atoms with Gasteiger partial charge < -0.3 is 0 Å². The highest BCUT2D eigenvalue weighted by Gasteiger charge is 2.33. The average molecular weight is 517 g/mol. The zero-order chi connectivity index (χ0) is 26.2. The van der Waals surface area contributed by atoms with Crippen LogP contribution in [-0.2, 0) is 29.3 Å². The van der Waals surface area contributed by atoms with Gasteiger partial charge in [0.25, 0.3) is 27.0 Å². The number of nitro groups is 2. The monoisotopic (exact) mass is 517 g/mol. The molecule has 188 valence electrons. The zero-order valence-corrected chi connectivity index (χ0v) is 19.7. The summed E-state index contributed by atoms with van der Waals surface area (Å²) in [6, 6.07) is 5.92. The van der Waals surface area contributed by atoms with Gasteiger partial charge >= 0.3 is 0 Å². The third-order valence-corrected chi connectivity index (χ3v) is 7.91. The molecule has 0 aliphatic heterocycles. The molecule has 2 aromatic carbocycles. The zero-order valence-electron chi connectivity index (χ0n) is 18.9. The van der Waals surface area contributed by atoms with E-state index in [1.807, 2.05) is 0 Å². The van der Waals surface area contributed by atoms with Crippen LogP contribution in [0.5, 0.6) is 0 Å². The fourth-order valence-corrected chi connectivity index (χ4v) is 5.57. The number of non-ortho nitro benzene ring substituents is 1. The Bertz CT molecular complexity index is 1550. The fourth-order valence-electron chi connectivity index (χ4n) is 4.23. The third kappa shape index (κ3) is 4.54. The molecule has 36 heavy (non-hydrogen) atoms. The average Bonchev–Trinajstić information content (AvgIpc) is 2.86. The van der Waals surface area contributed by atoms with Gasteiger partial charge in [-0.2, -0.15) is 5.10 Å². The van der Waals surface area contributed by atoms with Crippen molar-refractivity contribution in [2.45, 2.75) is 37.0 Å². The third-order valence-electron chi connectivity index (χ3n) is 6.09. The molecule has 0 saturated carbocycles. The molecular formula is C22H20FN5O7S. The highest BCUT2D eigenvalue weighted by atomic mass is 32.2. The van der Waals surface area contributed by atoms with Gasteiger partial charge in [0.15, 0.2) is 4.90 Å². The van der Waals surface area contributed by atoms with Gasteiger partial charge in [0.2, 0.25) is 0 Å². The van der Waals surface area contributed by atoms with E-state index in [1.165, 1.54) is 12.1 Å². The van der Waals surface area contributed by atoms with Crippen LogP contribution >= 0.6 is 0 Å². The van der Waals surface area contributed by atoms with Crippen molar-refractivity contribution in [3.63, 3.8) is 0 Å². The van der Waals surface area contributed by atoms with Crippen molar-refractivity contribution < 1.29 is 22.7 Å². The lowest BCUT2D eigenvalue weighted by atomic mass is 9.90. The summed E-state index contributed by atoms with van der Waals surface area (Å²) in [5, 5.41) is 29.1. The SMILES string of the molecule is CN(c1cc(Cc2n[nH]c(=O)c3c2CCCC3)ccc1F)S(=O)(=O)c1ccc([N+](=O)[O-])cc1[N+](=O)[O-]. The van der Waals surface area contributed by atoms with Crippen molar-refractivity contribution in [3.05, 3.63) is 95.2 Å². The van der Waals surface area contributed by atoms with Crippen LogP contribution in [0, 0.1) is 26.0 Å². The Morgan fingerprint density at radius 2 is 1.75 bits per heavy atom. The van der Waals surface area contributed by atoms with Gasteiger partial charge in [0, 0.05) is 25.1 Å². The summed E-state index contributed by atoms with van der Waals surface area (Å²) in [6.07, 6.45) is 3.28. The number of nitro benzene ring substituents is 2. The van der Waals surface area contributed by atoms with Gasteiger partial charge in [-0.15, -0.1) is 0 Å². The summed E-state index contributed by atoms with van der Waals surface area (Å²) in [5.74, 6) is -0.897. The summed E-state index contributed by atoms with van der Waals surface area (Å²) in [5.41, 5.74) is 0.307. The second-order valence-corrected chi connectivity index (χ2v) is 10.2. The summed E-state index contributed by atoms with van der Waals surface area (Å²) in [6.45, 7) is 0. The van der Waals surface area contributed by atoms with Crippen molar-refractivity contribution in [2.24, 2.45) is 0 Å². The lowest BCUT2D eigenvalue weighted by Crippen LogP contribution is -2.28. The molecule has 0 amide bonds. The van der Waals surface area contributed by atoms with Gasteiger partial charge in [-0.3, -0.25) is 29.3 Å². The number of sulfonamides is 1. The molecule has 0 radical (unpaired) electrons. The minimum absolute atomic E-state index is 0.192. The molecule has 0 saturated heterocycles. The number of rotatable bonds is 7. The first kappa shape index (κ1) is 24.9. The summed E-state index contributed by atoms with van der Waals surface area (Å²) in [4.78, 5) is 31.8. The number of halogens is 1. The minimum atomic E-state index is -4.68. The second-order valence-electron chi connectivity index (χ2n) is 8.26. The van der Waals surface area contributed by atoms with E-state index in [4.69, 9.17) is 0 Å². The maximum atomic E-state index is 14.8. The predicted molar refractivity (Wildman–Crippen MR) is 126 cm³/mol. The van der Waals surface area contributed by atoms with E-state index in [1.54, 1.807) is 0 Å². The van der Waals surface area contributed by atoms with Gasteiger partial charge in [0.05, 0.1) is 27.3 Å². The number of aromatic amines is 1. The van der Waals surface area contributed by atoms with E-state index < -0.39 is 42.0 Å². The first-order valence-corrected chi connectivity index (χ1v) is 12.2. The Morgan fingerprint density at radius 3 is 2.42 bits per heavy atom. The van der Waals surface area contributed by atoms with Crippen LogP contribution in [0.3, 0.4) is 0 Å². The highest BCUT2D eigenvalue weighted by molar-refractivity contribution is 7.93. The van der Waals surface area contributed by atoms with Gasteiger partial charge in [-0.05, 0) is 55.0 Å². The molecule has 0 bridgehead atoms. The smallest absolute Gasteiger partial charge is 0.268 e. The molecular weight excluding hydrogens is 497 g/mol. The number of fused-ring (bicyclic) bond motifs is 1. The normalized spacial score (nSPS) is 13.2. The van der Waals surface area contributed by atoms with Crippen LogP contribution < -0.4 is 9.86 Å². The minimum Gasteiger partial charge on any atom is -0.268 e. The van der Waals surface area contributed by atoms with Crippen molar-refractivity contribution in [3.8, 4) is 0 Å². The topological polar surface area (TPSA) is 169 Å². The fraction of sp³-hybridized carbons (Fsp3) is 0.273. The largest absolute Gasteiger partial charge is 0.296 e. The number of H-pyrrole nitrogens is 1. The standard InChI is InChI=1S/C22H20FN5O7S/c1-26(36(34,35)21-9-7-14(27(30)31)12-20(21)28(32)33)19-11-13(6-8-17(19)23)10-18-15-4-2-3-5-16(15)22(29)25-24-18/h6-9,11-12H,2-5,10H2,1H3,(H,25,29). The van der Waals surface area contributed by atoms with Crippen molar-refractivity contribution in [1.82, 2.24) is 10.2 Å². The van der Waals surface area contributed by atoms with Crippen LogP contribution in [0.1, 0.15) is 35.2 Å². The molecule has 1 aliphatic rings. The Kier molecular flexibility index (Phi) is 6.54. The van der Waals surface area contributed by atoms with Crippen LogP contribution in [0.4, 0.5) is 21.5 Å². The number of nitrogens with zero attached hydrogens (tertiary/aromatic N) is 4. The molecule has 1 aliphatic carbocycles. The van der Waals surface area contributed by atoms with Crippen LogP contribution in [-0.4, -0.2) is 35.5 Å². The number of hydrogen-bond acceptors (Lipinski definition) is 8. The first-order chi connectivity index (χ1) is 17.0. The van der Waals surface area contributed by atoms with E-state index in [-0.39, 0.29) is 17.7 Å². The van der Waals surface area contributed by atoms with Gasteiger partial charge in [0.1, 0.15) is 5.82 Å². The van der Waals surface area contributed by atoms with E-state index in [9.17, 15) is 37.8 Å². The molecule has 4 rings (SSSR count). The molecule has 0 fully saturated rings. The summed E-state index contributed by atoms with van der Waals surface area (Å²) in [7, 11) is -3.65. The Hall–Kier alpha value is -4.20.